The number of benzene rings is 1. The smallest absolute Gasteiger partial charge is 0.328 e. The second-order valence-corrected chi connectivity index (χ2v) is 8.94. The summed E-state index contributed by atoms with van der Waals surface area (Å²) in [5.41, 5.74) is 5.66. The van der Waals surface area contributed by atoms with Crippen molar-refractivity contribution in [1.29, 1.82) is 0 Å². The van der Waals surface area contributed by atoms with E-state index in [1.165, 1.54) is 36.9 Å². The molecule has 0 spiro atoms. The predicted molar refractivity (Wildman–Crippen MR) is 127 cm³/mol. The molecule has 1 aromatic carbocycles. The third-order valence-corrected chi connectivity index (χ3v) is 6.79. The standard InChI is InChI=1S/C22H25N3O.C4H4O4/c1-14-18(24-13-23-14)12-15-10-11-20-21(22(15)26)17-8-4-5-9-19(17)25(20)16-6-2-3-7-16;5-3(6)1-2-4(7)8/h4-5,8-9,13,15-16H,2-3,6-7,10-12H2,1H3,(H,23,24);1-2H,(H,5,6)(H,7,8)/b;2-1-. The summed E-state index contributed by atoms with van der Waals surface area (Å²) in [6, 6.07) is 9.08. The number of aliphatic carboxylic acids is 2. The number of fused-ring (bicyclic) bond motifs is 3. The monoisotopic (exact) mass is 463 g/mol. The molecule has 2 heterocycles. The number of imidazole rings is 1. The number of ketones is 1. The Kier molecular flexibility index (Phi) is 6.95. The molecule has 1 fully saturated rings. The Balaban J connectivity index is 0.000000297. The quantitative estimate of drug-likeness (QED) is 0.479. The molecule has 1 atom stereocenters. The van der Waals surface area contributed by atoms with Crippen LogP contribution in [0.1, 0.15) is 65.6 Å². The van der Waals surface area contributed by atoms with Crippen LogP contribution in [0.15, 0.2) is 42.7 Å². The molecule has 5 rings (SSSR count). The van der Waals surface area contributed by atoms with E-state index in [0.29, 0.717) is 24.0 Å². The summed E-state index contributed by atoms with van der Waals surface area (Å²) in [5, 5.41) is 16.8. The first kappa shape index (κ1) is 23.5. The van der Waals surface area contributed by atoms with Gasteiger partial charge in [-0.15, -0.1) is 0 Å². The average Bonchev–Trinajstić information content (AvgIpc) is 3.54. The Morgan fingerprint density at radius 1 is 1.12 bits per heavy atom. The fraction of sp³-hybridized carbons (Fsp3) is 0.385. The highest BCUT2D eigenvalue weighted by atomic mass is 16.4. The molecule has 2 aliphatic rings. The van der Waals surface area contributed by atoms with Crippen molar-refractivity contribution in [2.45, 2.75) is 57.9 Å². The number of hydrogen-bond acceptors (Lipinski definition) is 4. The molecule has 3 N–H and O–H groups in total. The van der Waals surface area contributed by atoms with Gasteiger partial charge in [0.25, 0.3) is 0 Å². The van der Waals surface area contributed by atoms with Crippen molar-refractivity contribution in [3.8, 4) is 0 Å². The van der Waals surface area contributed by atoms with Crippen LogP contribution in [-0.4, -0.2) is 42.5 Å². The maximum atomic E-state index is 13.4. The molecular weight excluding hydrogens is 434 g/mol. The highest BCUT2D eigenvalue weighted by molar-refractivity contribution is 6.11. The van der Waals surface area contributed by atoms with Gasteiger partial charge in [-0.2, -0.15) is 0 Å². The van der Waals surface area contributed by atoms with E-state index in [1.54, 1.807) is 6.33 Å². The van der Waals surface area contributed by atoms with Crippen LogP contribution in [0.3, 0.4) is 0 Å². The molecule has 0 aliphatic heterocycles. The Morgan fingerprint density at radius 3 is 2.41 bits per heavy atom. The summed E-state index contributed by atoms with van der Waals surface area (Å²) in [6.45, 7) is 2.03. The molecule has 3 aromatic rings. The number of rotatable bonds is 5. The second kappa shape index (κ2) is 10.1. The molecule has 0 bridgehead atoms. The first-order chi connectivity index (χ1) is 16.4. The van der Waals surface area contributed by atoms with Gasteiger partial charge in [0.05, 0.1) is 12.0 Å². The Morgan fingerprint density at radius 2 is 1.79 bits per heavy atom. The molecule has 8 nitrogen and oxygen atoms in total. The number of nitrogens with zero attached hydrogens (tertiary/aromatic N) is 2. The van der Waals surface area contributed by atoms with Gasteiger partial charge in [0.1, 0.15) is 0 Å². The first-order valence-electron chi connectivity index (χ1n) is 11.7. The van der Waals surface area contributed by atoms with Crippen LogP contribution < -0.4 is 0 Å². The summed E-state index contributed by atoms with van der Waals surface area (Å²) >= 11 is 0. The first-order valence-corrected chi connectivity index (χ1v) is 11.7. The van der Waals surface area contributed by atoms with Gasteiger partial charge in [-0.3, -0.25) is 4.79 Å². The SMILES string of the molecule is Cc1[nH]cnc1CC1CCc2c(c3ccccc3n2C2CCCC2)C1=O.O=C(O)/C=C\C(=O)O. The summed E-state index contributed by atoms with van der Waals surface area (Å²) in [5.74, 6) is -2.14. The molecule has 0 radical (unpaired) electrons. The largest absolute Gasteiger partial charge is 0.478 e. The van der Waals surface area contributed by atoms with Crippen LogP contribution in [0, 0.1) is 12.8 Å². The normalized spacial score (nSPS) is 18.1. The minimum atomic E-state index is -1.26. The van der Waals surface area contributed by atoms with Crippen molar-refractivity contribution in [2.75, 3.05) is 0 Å². The number of aromatic amines is 1. The van der Waals surface area contributed by atoms with E-state index in [0.717, 1.165) is 41.6 Å². The van der Waals surface area contributed by atoms with Crippen LogP contribution in [-0.2, 0) is 22.4 Å². The highest BCUT2D eigenvalue weighted by Crippen LogP contribution is 2.41. The zero-order chi connectivity index (χ0) is 24.2. The van der Waals surface area contributed by atoms with Gasteiger partial charge in [-0.1, -0.05) is 31.0 Å². The van der Waals surface area contributed by atoms with Crippen molar-refractivity contribution >= 4 is 28.6 Å². The zero-order valence-electron chi connectivity index (χ0n) is 19.2. The third-order valence-electron chi connectivity index (χ3n) is 6.79. The van der Waals surface area contributed by atoms with E-state index in [2.05, 4.69) is 38.8 Å². The van der Waals surface area contributed by atoms with Gasteiger partial charge < -0.3 is 19.8 Å². The van der Waals surface area contributed by atoms with Crippen LogP contribution in [0.5, 0.6) is 0 Å². The molecule has 2 aromatic heterocycles. The average molecular weight is 464 g/mol. The lowest BCUT2D eigenvalue weighted by molar-refractivity contribution is -0.134. The third kappa shape index (κ3) is 4.81. The Labute approximate surface area is 197 Å². The second-order valence-electron chi connectivity index (χ2n) is 8.94. The lowest BCUT2D eigenvalue weighted by Gasteiger charge is -2.25. The summed E-state index contributed by atoms with van der Waals surface area (Å²) in [6.07, 6.45) is 10.6. The highest BCUT2D eigenvalue weighted by Gasteiger charge is 2.35. The van der Waals surface area contributed by atoms with Gasteiger partial charge in [0.15, 0.2) is 5.78 Å². The van der Waals surface area contributed by atoms with Crippen molar-refractivity contribution in [2.24, 2.45) is 5.92 Å². The van der Waals surface area contributed by atoms with Crippen molar-refractivity contribution in [3.63, 3.8) is 0 Å². The lowest BCUT2D eigenvalue weighted by atomic mass is 9.82. The minimum absolute atomic E-state index is 0.0485. The number of para-hydroxylation sites is 1. The van der Waals surface area contributed by atoms with E-state index < -0.39 is 11.9 Å². The van der Waals surface area contributed by atoms with Crippen LogP contribution >= 0.6 is 0 Å². The molecule has 2 aliphatic carbocycles. The topological polar surface area (TPSA) is 125 Å². The fourth-order valence-electron chi connectivity index (χ4n) is 5.23. The molecule has 8 heteroatoms. The minimum Gasteiger partial charge on any atom is -0.478 e. The van der Waals surface area contributed by atoms with E-state index in [4.69, 9.17) is 10.2 Å². The molecule has 0 amide bonds. The van der Waals surface area contributed by atoms with Crippen molar-refractivity contribution in [1.82, 2.24) is 14.5 Å². The number of H-pyrrole nitrogens is 1. The molecule has 1 unspecified atom stereocenters. The predicted octanol–water partition coefficient (Wildman–Crippen LogP) is 4.49. The maximum Gasteiger partial charge on any atom is 0.328 e. The van der Waals surface area contributed by atoms with E-state index in [9.17, 15) is 14.4 Å². The van der Waals surface area contributed by atoms with Crippen LogP contribution in [0.25, 0.3) is 10.9 Å². The van der Waals surface area contributed by atoms with Gasteiger partial charge in [-0.05, 0) is 38.7 Å². The summed E-state index contributed by atoms with van der Waals surface area (Å²) in [4.78, 5) is 40.1. The number of hydrogen-bond donors (Lipinski definition) is 3. The maximum absolute atomic E-state index is 13.4. The van der Waals surface area contributed by atoms with Gasteiger partial charge >= 0.3 is 11.9 Å². The summed E-state index contributed by atoms with van der Waals surface area (Å²) < 4.78 is 2.52. The number of carboxylic acid groups (broad SMARTS) is 2. The molecule has 1 saturated carbocycles. The number of aromatic nitrogens is 3. The Hall–Kier alpha value is -3.68. The van der Waals surface area contributed by atoms with Crippen molar-refractivity contribution in [3.05, 3.63) is 65.4 Å². The van der Waals surface area contributed by atoms with Crippen LogP contribution in [0.2, 0.25) is 0 Å². The Bertz CT molecular complexity index is 1230. The number of aryl methyl sites for hydroxylation is 1. The number of nitrogens with one attached hydrogen (secondary N) is 1. The van der Waals surface area contributed by atoms with Gasteiger partial charge in [0, 0.05) is 58.4 Å². The van der Waals surface area contributed by atoms with E-state index in [-0.39, 0.29) is 5.92 Å². The zero-order valence-corrected chi connectivity index (χ0v) is 19.2. The number of carbonyl (C=O) groups excluding carboxylic acids is 1. The molecule has 34 heavy (non-hydrogen) atoms. The van der Waals surface area contributed by atoms with E-state index in [1.807, 2.05) is 6.92 Å². The number of carboxylic acids is 2. The fourth-order valence-corrected chi connectivity index (χ4v) is 5.23. The lowest BCUT2D eigenvalue weighted by Crippen LogP contribution is -2.26. The van der Waals surface area contributed by atoms with Crippen LogP contribution in [0.4, 0.5) is 0 Å². The van der Waals surface area contributed by atoms with E-state index >= 15 is 0 Å². The number of carbonyl (C=O) groups is 3. The number of Topliss-reactive ketones (excluding diaryl/α,β-unsaturated/α-hetero) is 1. The summed E-state index contributed by atoms with van der Waals surface area (Å²) in [7, 11) is 0. The van der Waals surface area contributed by atoms with Crippen molar-refractivity contribution < 1.29 is 24.6 Å². The molecular formula is C26H29N3O5. The molecule has 0 saturated heterocycles. The molecule has 178 valence electrons. The van der Waals surface area contributed by atoms with Gasteiger partial charge in [0.2, 0.25) is 0 Å². The van der Waals surface area contributed by atoms with Gasteiger partial charge in [-0.25, -0.2) is 14.6 Å².